The molecule has 0 unspecified atom stereocenters. The Morgan fingerprint density at radius 2 is 1.92 bits per heavy atom. The molecule has 0 bridgehead atoms. The molecule has 0 aliphatic heterocycles. The summed E-state index contributed by atoms with van der Waals surface area (Å²) in [5.41, 5.74) is 4.23. The molecule has 6 heteroatoms. The number of hydrogen-bond acceptors (Lipinski definition) is 5. The summed E-state index contributed by atoms with van der Waals surface area (Å²) in [5, 5.41) is 9.18. The molecule has 2 aromatic heterocycles. The Hall–Kier alpha value is -2.05. The van der Waals surface area contributed by atoms with Gasteiger partial charge in [0.2, 0.25) is 5.91 Å². The lowest BCUT2D eigenvalue weighted by Crippen LogP contribution is -2.27. The van der Waals surface area contributed by atoms with Crippen molar-refractivity contribution in [3.8, 4) is 11.3 Å². The average molecular weight is 372 g/mol. The third kappa shape index (κ3) is 4.96. The van der Waals surface area contributed by atoms with Gasteiger partial charge in [0.25, 0.3) is 0 Å². The molecule has 4 nitrogen and oxygen atoms in total. The number of carbonyl (C=O) groups excluding carboxylic acids is 1. The summed E-state index contributed by atoms with van der Waals surface area (Å²) in [6, 6.07) is 8.38. The molecule has 1 aromatic carbocycles. The first-order valence-electron chi connectivity index (χ1n) is 8.35. The van der Waals surface area contributed by atoms with Gasteiger partial charge in [-0.05, 0) is 25.3 Å². The van der Waals surface area contributed by atoms with Crippen LogP contribution < -0.4 is 5.32 Å². The lowest BCUT2D eigenvalue weighted by Gasteiger charge is -2.05. The summed E-state index contributed by atoms with van der Waals surface area (Å²) >= 11 is 3.28. The molecule has 1 amide bonds. The fraction of sp³-hybridized carbons (Fsp3) is 0.316. The second-order valence-electron chi connectivity index (χ2n) is 5.81. The predicted molar refractivity (Wildman–Crippen MR) is 104 cm³/mol. The number of nitrogens with one attached hydrogen (secondary N) is 1. The summed E-state index contributed by atoms with van der Waals surface area (Å²) in [4.78, 5) is 20.9. The van der Waals surface area contributed by atoms with Crippen LogP contribution in [0, 0.1) is 6.92 Å². The van der Waals surface area contributed by atoms with E-state index in [0.29, 0.717) is 13.0 Å². The second kappa shape index (κ2) is 8.36. The number of nitrogens with zero attached hydrogens (tertiary/aromatic N) is 2. The molecular weight excluding hydrogens is 350 g/mol. The van der Waals surface area contributed by atoms with Crippen LogP contribution in [0.15, 0.2) is 35.0 Å². The van der Waals surface area contributed by atoms with Gasteiger partial charge in [-0.1, -0.05) is 31.2 Å². The first-order chi connectivity index (χ1) is 12.1. The lowest BCUT2D eigenvalue weighted by atomic mass is 10.1. The minimum absolute atomic E-state index is 0.0301. The number of aromatic nitrogens is 2. The van der Waals surface area contributed by atoms with Crippen molar-refractivity contribution >= 4 is 28.6 Å². The molecule has 0 fully saturated rings. The Morgan fingerprint density at radius 1 is 1.12 bits per heavy atom. The van der Waals surface area contributed by atoms with Crippen LogP contribution >= 0.6 is 22.7 Å². The predicted octanol–water partition coefficient (Wildman–Crippen LogP) is 4.04. The summed E-state index contributed by atoms with van der Waals surface area (Å²) < 4.78 is 0. The Kier molecular flexibility index (Phi) is 5.94. The topological polar surface area (TPSA) is 54.9 Å². The molecule has 3 rings (SSSR count). The molecule has 0 spiro atoms. The third-order valence-corrected chi connectivity index (χ3v) is 5.66. The smallest absolute Gasteiger partial charge is 0.226 e. The molecule has 130 valence electrons. The molecule has 0 atom stereocenters. The molecule has 0 aliphatic rings. The Balaban J connectivity index is 1.46. The monoisotopic (exact) mass is 371 g/mol. The largest absolute Gasteiger partial charge is 0.355 e. The zero-order chi connectivity index (χ0) is 17.6. The normalized spacial score (nSPS) is 10.8. The van der Waals surface area contributed by atoms with Crippen molar-refractivity contribution in [2.45, 2.75) is 33.1 Å². The van der Waals surface area contributed by atoms with Crippen LogP contribution in [-0.4, -0.2) is 22.4 Å². The standard InChI is InChI=1S/C19H21N3OS2/c1-3-19-22-16(11-25-19)10-18(23)20-9-8-14-4-6-15(7-5-14)17-12-24-13(2)21-17/h4-7,11-12H,3,8-10H2,1-2H3,(H,20,23). The van der Waals surface area contributed by atoms with Gasteiger partial charge in [-0.25, -0.2) is 9.97 Å². The van der Waals surface area contributed by atoms with E-state index in [-0.39, 0.29) is 5.91 Å². The SMILES string of the molecule is CCc1nc(CC(=O)NCCc2ccc(-c3csc(C)n3)cc2)cs1. The maximum Gasteiger partial charge on any atom is 0.226 e. The zero-order valence-electron chi connectivity index (χ0n) is 14.4. The Bertz CT molecular complexity index is 836. The number of hydrogen-bond donors (Lipinski definition) is 1. The number of carbonyl (C=O) groups is 1. The zero-order valence-corrected chi connectivity index (χ0v) is 16.0. The van der Waals surface area contributed by atoms with Gasteiger partial charge in [0.05, 0.1) is 27.8 Å². The van der Waals surface area contributed by atoms with E-state index in [1.165, 1.54) is 5.56 Å². The Morgan fingerprint density at radius 3 is 2.56 bits per heavy atom. The number of amides is 1. The highest BCUT2D eigenvalue weighted by Crippen LogP contribution is 2.21. The summed E-state index contributed by atoms with van der Waals surface area (Å²) in [6.45, 7) is 4.72. The number of rotatable bonds is 7. The minimum Gasteiger partial charge on any atom is -0.355 e. The Labute approximate surface area is 156 Å². The quantitative estimate of drug-likeness (QED) is 0.682. The van der Waals surface area contributed by atoms with Crippen LogP contribution in [0.2, 0.25) is 0 Å². The van der Waals surface area contributed by atoms with E-state index in [9.17, 15) is 4.79 Å². The van der Waals surface area contributed by atoms with Crippen LogP contribution in [-0.2, 0) is 24.1 Å². The van der Waals surface area contributed by atoms with Gasteiger partial charge in [0, 0.05) is 22.9 Å². The molecule has 0 saturated carbocycles. The molecule has 3 aromatic rings. The molecule has 1 N–H and O–H groups in total. The van der Waals surface area contributed by atoms with Crippen molar-refractivity contribution in [2.24, 2.45) is 0 Å². The maximum absolute atomic E-state index is 12.0. The number of benzene rings is 1. The van der Waals surface area contributed by atoms with Gasteiger partial charge in [-0.3, -0.25) is 4.79 Å². The van der Waals surface area contributed by atoms with Gasteiger partial charge < -0.3 is 5.32 Å². The number of aryl methyl sites for hydroxylation is 2. The van der Waals surface area contributed by atoms with Crippen molar-refractivity contribution in [1.82, 2.24) is 15.3 Å². The minimum atomic E-state index is 0.0301. The van der Waals surface area contributed by atoms with Crippen LogP contribution in [0.1, 0.15) is 28.2 Å². The fourth-order valence-electron chi connectivity index (χ4n) is 2.50. The van der Waals surface area contributed by atoms with Crippen molar-refractivity contribution < 1.29 is 4.79 Å². The first-order valence-corrected chi connectivity index (χ1v) is 10.1. The highest BCUT2D eigenvalue weighted by molar-refractivity contribution is 7.10. The van der Waals surface area contributed by atoms with E-state index < -0.39 is 0 Å². The van der Waals surface area contributed by atoms with E-state index in [1.807, 2.05) is 12.3 Å². The van der Waals surface area contributed by atoms with E-state index >= 15 is 0 Å². The van der Waals surface area contributed by atoms with Gasteiger partial charge in [-0.15, -0.1) is 22.7 Å². The van der Waals surface area contributed by atoms with Crippen LogP contribution in [0.5, 0.6) is 0 Å². The number of thiazole rings is 2. The van der Waals surface area contributed by atoms with E-state index in [2.05, 4.69) is 51.9 Å². The highest BCUT2D eigenvalue weighted by atomic mass is 32.1. The van der Waals surface area contributed by atoms with Crippen molar-refractivity contribution in [1.29, 1.82) is 0 Å². The molecule has 0 aliphatic carbocycles. The van der Waals surface area contributed by atoms with Gasteiger partial charge in [-0.2, -0.15) is 0 Å². The second-order valence-corrected chi connectivity index (χ2v) is 7.82. The fourth-order valence-corrected chi connectivity index (χ4v) is 3.87. The maximum atomic E-state index is 12.0. The molecule has 2 heterocycles. The summed E-state index contributed by atoms with van der Waals surface area (Å²) in [5.74, 6) is 0.0301. The first kappa shape index (κ1) is 17.8. The average Bonchev–Trinajstić information content (AvgIpc) is 3.24. The molecule has 0 radical (unpaired) electrons. The van der Waals surface area contributed by atoms with Gasteiger partial charge in [0.15, 0.2) is 0 Å². The van der Waals surface area contributed by atoms with Crippen molar-refractivity contribution in [3.63, 3.8) is 0 Å². The van der Waals surface area contributed by atoms with E-state index in [4.69, 9.17) is 0 Å². The van der Waals surface area contributed by atoms with E-state index in [1.54, 1.807) is 22.7 Å². The van der Waals surface area contributed by atoms with Gasteiger partial charge in [0.1, 0.15) is 0 Å². The van der Waals surface area contributed by atoms with Crippen LogP contribution in [0.4, 0.5) is 0 Å². The summed E-state index contributed by atoms with van der Waals surface area (Å²) in [6.07, 6.45) is 2.10. The highest BCUT2D eigenvalue weighted by Gasteiger charge is 2.07. The van der Waals surface area contributed by atoms with Crippen molar-refractivity contribution in [2.75, 3.05) is 6.54 Å². The summed E-state index contributed by atoms with van der Waals surface area (Å²) in [7, 11) is 0. The molecular formula is C19H21N3OS2. The van der Waals surface area contributed by atoms with E-state index in [0.717, 1.165) is 39.8 Å². The van der Waals surface area contributed by atoms with Gasteiger partial charge >= 0.3 is 0 Å². The van der Waals surface area contributed by atoms with Crippen LogP contribution in [0.3, 0.4) is 0 Å². The third-order valence-electron chi connectivity index (χ3n) is 3.85. The van der Waals surface area contributed by atoms with Crippen molar-refractivity contribution in [3.05, 3.63) is 56.3 Å². The lowest BCUT2D eigenvalue weighted by molar-refractivity contribution is -0.120. The molecule has 25 heavy (non-hydrogen) atoms. The molecule has 0 saturated heterocycles. The van der Waals surface area contributed by atoms with Crippen LogP contribution in [0.25, 0.3) is 11.3 Å².